The molecule has 1 aromatic heterocycles. The van der Waals surface area contributed by atoms with Gasteiger partial charge in [0, 0.05) is 0 Å². The lowest BCUT2D eigenvalue weighted by Crippen LogP contribution is -2.29. The average molecular weight is 390 g/mol. The monoisotopic (exact) mass is 390 g/mol. The van der Waals surface area contributed by atoms with E-state index in [0.29, 0.717) is 28.5 Å². The van der Waals surface area contributed by atoms with Gasteiger partial charge in [-0.1, -0.05) is 6.07 Å². The SMILES string of the molecule is CCOc1cc(/C=N\NC(=O)OC(C)(C)C)ccc1OC(=O)c1cccs1. The molecule has 2 aromatic rings. The molecule has 0 bridgehead atoms. The lowest BCUT2D eigenvalue weighted by Gasteiger charge is -2.18. The van der Waals surface area contributed by atoms with Crippen molar-refractivity contribution >= 4 is 29.6 Å². The Morgan fingerprint density at radius 3 is 2.63 bits per heavy atom. The maximum atomic E-state index is 12.1. The average Bonchev–Trinajstić information content (AvgIpc) is 3.10. The quantitative estimate of drug-likeness (QED) is 0.345. The molecule has 0 spiro atoms. The van der Waals surface area contributed by atoms with E-state index in [0.717, 1.165) is 0 Å². The Labute approximate surface area is 161 Å². The predicted octanol–water partition coefficient (Wildman–Crippen LogP) is 4.22. The summed E-state index contributed by atoms with van der Waals surface area (Å²) in [6, 6.07) is 8.45. The minimum atomic E-state index is -0.648. The van der Waals surface area contributed by atoms with Crippen molar-refractivity contribution in [3.63, 3.8) is 0 Å². The zero-order chi connectivity index (χ0) is 19.9. The summed E-state index contributed by atoms with van der Waals surface area (Å²) >= 11 is 1.30. The number of nitrogens with zero attached hydrogens (tertiary/aromatic N) is 1. The summed E-state index contributed by atoms with van der Waals surface area (Å²) in [5.41, 5.74) is 2.34. The molecule has 1 amide bonds. The normalized spacial score (nSPS) is 11.3. The predicted molar refractivity (Wildman–Crippen MR) is 104 cm³/mol. The van der Waals surface area contributed by atoms with E-state index in [1.54, 1.807) is 56.5 Å². The third-order valence-electron chi connectivity index (χ3n) is 2.96. The molecule has 0 saturated carbocycles. The number of ether oxygens (including phenoxy) is 3. The van der Waals surface area contributed by atoms with Crippen LogP contribution >= 0.6 is 11.3 Å². The third-order valence-corrected chi connectivity index (χ3v) is 3.81. The molecule has 1 heterocycles. The van der Waals surface area contributed by atoms with Gasteiger partial charge in [-0.05, 0) is 62.9 Å². The van der Waals surface area contributed by atoms with Crippen molar-refractivity contribution in [2.75, 3.05) is 6.61 Å². The fraction of sp³-hybridized carbons (Fsp3) is 0.316. The number of benzene rings is 1. The van der Waals surface area contributed by atoms with Crippen molar-refractivity contribution in [3.05, 3.63) is 46.2 Å². The van der Waals surface area contributed by atoms with E-state index in [9.17, 15) is 9.59 Å². The number of nitrogens with one attached hydrogen (secondary N) is 1. The molecule has 7 nitrogen and oxygen atoms in total. The van der Waals surface area contributed by atoms with Gasteiger partial charge in [-0.15, -0.1) is 11.3 Å². The van der Waals surface area contributed by atoms with Crippen LogP contribution in [0.4, 0.5) is 4.79 Å². The molecule has 2 rings (SSSR count). The van der Waals surface area contributed by atoms with Gasteiger partial charge in [-0.25, -0.2) is 15.0 Å². The second-order valence-corrected chi connectivity index (χ2v) is 7.33. The largest absolute Gasteiger partial charge is 0.490 e. The number of carbonyl (C=O) groups excluding carboxylic acids is 2. The van der Waals surface area contributed by atoms with Gasteiger partial charge in [0.25, 0.3) is 0 Å². The first-order valence-corrected chi connectivity index (χ1v) is 9.21. The Morgan fingerprint density at radius 2 is 2.00 bits per heavy atom. The van der Waals surface area contributed by atoms with Crippen molar-refractivity contribution in [3.8, 4) is 11.5 Å². The highest BCUT2D eigenvalue weighted by atomic mass is 32.1. The Morgan fingerprint density at radius 1 is 1.22 bits per heavy atom. The number of hydrogen-bond acceptors (Lipinski definition) is 7. The number of esters is 1. The first-order valence-electron chi connectivity index (χ1n) is 8.33. The first kappa shape index (κ1) is 20.4. The number of hydrazone groups is 1. The zero-order valence-electron chi connectivity index (χ0n) is 15.6. The zero-order valence-corrected chi connectivity index (χ0v) is 16.5. The maximum Gasteiger partial charge on any atom is 0.428 e. The molecule has 0 aliphatic heterocycles. The first-order chi connectivity index (χ1) is 12.8. The summed E-state index contributed by atoms with van der Waals surface area (Å²) < 4.78 is 16.0. The van der Waals surface area contributed by atoms with Gasteiger partial charge in [0.2, 0.25) is 0 Å². The van der Waals surface area contributed by atoms with Crippen molar-refractivity contribution in [1.82, 2.24) is 5.43 Å². The van der Waals surface area contributed by atoms with E-state index in [4.69, 9.17) is 14.2 Å². The number of rotatable bonds is 6. The molecular formula is C19H22N2O5S. The molecular weight excluding hydrogens is 368 g/mol. The van der Waals surface area contributed by atoms with E-state index in [2.05, 4.69) is 10.5 Å². The Hall–Kier alpha value is -2.87. The summed E-state index contributed by atoms with van der Waals surface area (Å²) in [6.07, 6.45) is 0.794. The molecule has 27 heavy (non-hydrogen) atoms. The molecule has 0 unspecified atom stereocenters. The van der Waals surface area contributed by atoms with Crippen LogP contribution in [0, 0.1) is 0 Å². The van der Waals surface area contributed by atoms with E-state index >= 15 is 0 Å². The molecule has 8 heteroatoms. The van der Waals surface area contributed by atoms with Crippen LogP contribution in [0.2, 0.25) is 0 Å². The molecule has 0 atom stereocenters. The van der Waals surface area contributed by atoms with Gasteiger partial charge < -0.3 is 14.2 Å². The highest BCUT2D eigenvalue weighted by molar-refractivity contribution is 7.12. The lowest BCUT2D eigenvalue weighted by molar-refractivity contribution is 0.0529. The Bertz CT molecular complexity index is 810. The minimum Gasteiger partial charge on any atom is -0.490 e. The van der Waals surface area contributed by atoms with Crippen LogP contribution in [0.25, 0.3) is 0 Å². The second-order valence-electron chi connectivity index (χ2n) is 6.38. The lowest BCUT2D eigenvalue weighted by atomic mass is 10.2. The summed E-state index contributed by atoms with van der Waals surface area (Å²) in [6.45, 7) is 7.53. The van der Waals surface area contributed by atoms with Gasteiger partial charge in [0.1, 0.15) is 10.5 Å². The molecule has 1 aromatic carbocycles. The van der Waals surface area contributed by atoms with Crippen molar-refractivity contribution in [2.24, 2.45) is 5.10 Å². The number of amides is 1. The molecule has 144 valence electrons. The van der Waals surface area contributed by atoms with Gasteiger partial charge in [0.05, 0.1) is 12.8 Å². The Kier molecular flexibility index (Phi) is 6.95. The van der Waals surface area contributed by atoms with Crippen LogP contribution in [0.5, 0.6) is 11.5 Å². The van der Waals surface area contributed by atoms with Crippen molar-refractivity contribution < 1.29 is 23.8 Å². The molecule has 0 saturated heterocycles. The van der Waals surface area contributed by atoms with Gasteiger partial charge >= 0.3 is 12.1 Å². The van der Waals surface area contributed by atoms with E-state index in [-0.39, 0.29) is 0 Å². The van der Waals surface area contributed by atoms with Crippen LogP contribution in [0.1, 0.15) is 42.9 Å². The number of carbonyl (C=O) groups is 2. The number of thiophene rings is 1. The van der Waals surface area contributed by atoms with Crippen LogP contribution in [-0.4, -0.2) is 30.5 Å². The molecule has 0 aliphatic rings. The minimum absolute atomic E-state index is 0.313. The van der Waals surface area contributed by atoms with E-state index in [1.165, 1.54) is 17.6 Å². The standard InChI is InChI=1S/C19H22N2O5S/c1-5-24-15-11-13(12-20-21-18(23)26-19(2,3)4)8-9-14(15)25-17(22)16-7-6-10-27-16/h6-12H,5H2,1-4H3,(H,21,23)/b20-12-. The van der Waals surface area contributed by atoms with Crippen LogP contribution < -0.4 is 14.9 Å². The van der Waals surface area contributed by atoms with Gasteiger partial charge in [0.15, 0.2) is 11.5 Å². The second kappa shape index (κ2) is 9.18. The van der Waals surface area contributed by atoms with E-state index < -0.39 is 17.7 Å². The molecule has 0 fully saturated rings. The molecule has 1 N–H and O–H groups in total. The van der Waals surface area contributed by atoms with Gasteiger partial charge in [-0.3, -0.25) is 0 Å². The Balaban J connectivity index is 2.06. The van der Waals surface area contributed by atoms with Crippen molar-refractivity contribution in [1.29, 1.82) is 0 Å². The van der Waals surface area contributed by atoms with Crippen LogP contribution in [-0.2, 0) is 4.74 Å². The molecule has 0 aliphatic carbocycles. The summed E-state index contributed by atoms with van der Waals surface area (Å²) in [4.78, 5) is 24.2. The summed E-state index contributed by atoms with van der Waals surface area (Å²) in [5, 5.41) is 5.65. The van der Waals surface area contributed by atoms with Crippen molar-refractivity contribution in [2.45, 2.75) is 33.3 Å². The highest BCUT2D eigenvalue weighted by Gasteiger charge is 2.16. The van der Waals surface area contributed by atoms with Crippen LogP contribution in [0.3, 0.4) is 0 Å². The number of hydrogen-bond donors (Lipinski definition) is 1. The maximum absolute atomic E-state index is 12.1. The van der Waals surface area contributed by atoms with E-state index in [1.807, 2.05) is 6.92 Å². The third kappa shape index (κ3) is 6.74. The highest BCUT2D eigenvalue weighted by Crippen LogP contribution is 2.29. The fourth-order valence-electron chi connectivity index (χ4n) is 1.96. The van der Waals surface area contributed by atoms with Crippen LogP contribution in [0.15, 0.2) is 40.8 Å². The topological polar surface area (TPSA) is 86.2 Å². The summed E-state index contributed by atoms with van der Waals surface area (Å²) in [5.74, 6) is 0.273. The van der Waals surface area contributed by atoms with Gasteiger partial charge in [-0.2, -0.15) is 5.10 Å². The smallest absolute Gasteiger partial charge is 0.428 e. The fourth-order valence-corrected chi connectivity index (χ4v) is 2.56. The summed E-state index contributed by atoms with van der Waals surface area (Å²) in [7, 11) is 0. The molecule has 0 radical (unpaired) electrons.